The van der Waals surface area contributed by atoms with Gasteiger partial charge in [0, 0.05) is 12.1 Å². The molecule has 1 aliphatic heterocycles. The third kappa shape index (κ3) is 3.69. The van der Waals surface area contributed by atoms with Gasteiger partial charge in [0.1, 0.15) is 5.60 Å². The van der Waals surface area contributed by atoms with Gasteiger partial charge in [0.05, 0.1) is 6.42 Å². The third-order valence-corrected chi connectivity index (χ3v) is 3.86. The predicted molar refractivity (Wildman–Crippen MR) is 71.4 cm³/mol. The van der Waals surface area contributed by atoms with Crippen LogP contribution in [0.15, 0.2) is 0 Å². The van der Waals surface area contributed by atoms with Crippen LogP contribution in [0.5, 0.6) is 0 Å². The van der Waals surface area contributed by atoms with Crippen molar-refractivity contribution in [1.29, 1.82) is 0 Å². The average molecular weight is 254 g/mol. The highest BCUT2D eigenvalue weighted by molar-refractivity contribution is 5.70. The molecule has 2 N–H and O–H groups in total. The molecule has 1 atom stereocenters. The molecule has 0 aromatic carbocycles. The van der Waals surface area contributed by atoms with Crippen molar-refractivity contribution >= 4 is 5.97 Å². The predicted octanol–water partition coefficient (Wildman–Crippen LogP) is 1.45. The van der Waals surface area contributed by atoms with Gasteiger partial charge in [-0.25, -0.2) is 0 Å². The molecule has 0 unspecified atom stereocenters. The van der Waals surface area contributed by atoms with E-state index in [9.17, 15) is 4.79 Å². The maximum absolute atomic E-state index is 11.6. The summed E-state index contributed by atoms with van der Waals surface area (Å²) in [5, 5.41) is 7.00. The molecule has 0 bridgehead atoms. The quantitative estimate of drug-likeness (QED) is 0.729. The minimum Gasteiger partial charge on any atom is -0.460 e. The van der Waals surface area contributed by atoms with Gasteiger partial charge in [-0.15, -0.1) is 0 Å². The van der Waals surface area contributed by atoms with E-state index < -0.39 is 0 Å². The minimum absolute atomic E-state index is 0.102. The van der Waals surface area contributed by atoms with Gasteiger partial charge in [-0.05, 0) is 59.0 Å². The van der Waals surface area contributed by atoms with Crippen molar-refractivity contribution < 1.29 is 9.53 Å². The van der Waals surface area contributed by atoms with Crippen LogP contribution in [0.2, 0.25) is 0 Å². The summed E-state index contributed by atoms with van der Waals surface area (Å²) in [6.07, 6.45) is 4.25. The summed E-state index contributed by atoms with van der Waals surface area (Å²) in [5.41, 5.74) is -0.0464. The summed E-state index contributed by atoms with van der Waals surface area (Å²) in [6.45, 7) is 8.73. The number of rotatable bonds is 5. The van der Waals surface area contributed by atoms with Crippen LogP contribution in [0.3, 0.4) is 0 Å². The fraction of sp³-hybridized carbons (Fsp3) is 0.929. The van der Waals surface area contributed by atoms with E-state index >= 15 is 0 Å². The van der Waals surface area contributed by atoms with Crippen LogP contribution in [0.4, 0.5) is 0 Å². The Hall–Kier alpha value is -0.610. The summed E-state index contributed by atoms with van der Waals surface area (Å²) >= 11 is 0. The fourth-order valence-corrected chi connectivity index (χ4v) is 2.80. The van der Waals surface area contributed by atoms with Gasteiger partial charge in [-0.1, -0.05) is 0 Å². The van der Waals surface area contributed by atoms with Crippen molar-refractivity contribution in [2.24, 2.45) is 5.92 Å². The highest BCUT2D eigenvalue weighted by atomic mass is 16.6. The van der Waals surface area contributed by atoms with Crippen LogP contribution in [-0.4, -0.2) is 36.7 Å². The van der Waals surface area contributed by atoms with Crippen molar-refractivity contribution in [3.8, 4) is 0 Å². The molecule has 0 aromatic rings. The Kier molecular flexibility index (Phi) is 3.97. The van der Waals surface area contributed by atoms with Crippen LogP contribution in [0, 0.1) is 5.92 Å². The highest BCUT2D eigenvalue weighted by Crippen LogP contribution is 2.44. The Balaban J connectivity index is 1.67. The van der Waals surface area contributed by atoms with Crippen LogP contribution < -0.4 is 10.6 Å². The fourth-order valence-electron chi connectivity index (χ4n) is 2.80. The van der Waals surface area contributed by atoms with Gasteiger partial charge in [0.2, 0.25) is 0 Å². The van der Waals surface area contributed by atoms with Gasteiger partial charge >= 0.3 is 5.97 Å². The first-order valence-corrected chi connectivity index (χ1v) is 7.09. The molecule has 4 heteroatoms. The second-order valence-electron chi connectivity index (χ2n) is 6.61. The maximum Gasteiger partial charge on any atom is 0.307 e. The number of carbonyl (C=O) groups is 1. The molecule has 0 aromatic heterocycles. The van der Waals surface area contributed by atoms with Gasteiger partial charge in [0.15, 0.2) is 0 Å². The molecule has 18 heavy (non-hydrogen) atoms. The summed E-state index contributed by atoms with van der Waals surface area (Å²) in [6, 6.07) is 0. The Labute approximate surface area is 110 Å². The molecule has 1 saturated carbocycles. The van der Waals surface area contributed by atoms with Gasteiger partial charge in [0.25, 0.3) is 0 Å². The molecule has 4 nitrogen and oxygen atoms in total. The first-order valence-electron chi connectivity index (χ1n) is 7.09. The van der Waals surface area contributed by atoms with E-state index in [1.54, 1.807) is 0 Å². The summed E-state index contributed by atoms with van der Waals surface area (Å²) in [4.78, 5) is 11.6. The monoisotopic (exact) mass is 254 g/mol. The molecule has 104 valence electrons. The van der Waals surface area contributed by atoms with Crippen molar-refractivity contribution in [1.82, 2.24) is 10.6 Å². The van der Waals surface area contributed by atoms with E-state index in [2.05, 4.69) is 10.6 Å². The van der Waals surface area contributed by atoms with Gasteiger partial charge < -0.3 is 15.4 Å². The standard InChI is InChI=1S/C14H26N2O2/c1-13(2,3)18-12(17)5-9-16-14(6-7-14)11-4-8-15-10-11/h11,15-16H,4-10H2,1-3H3/t11-/m1/s1. The van der Waals surface area contributed by atoms with E-state index in [-0.39, 0.29) is 11.6 Å². The average Bonchev–Trinajstić information content (AvgIpc) is 2.82. The van der Waals surface area contributed by atoms with E-state index in [1.165, 1.54) is 19.3 Å². The Morgan fingerprint density at radius 2 is 2.17 bits per heavy atom. The molecule has 0 amide bonds. The first kappa shape index (κ1) is 13.8. The lowest BCUT2D eigenvalue weighted by molar-refractivity contribution is -0.154. The topological polar surface area (TPSA) is 50.4 Å². The van der Waals surface area contributed by atoms with Crippen LogP contribution in [0.25, 0.3) is 0 Å². The highest BCUT2D eigenvalue weighted by Gasteiger charge is 2.49. The molecule has 2 rings (SSSR count). The van der Waals surface area contributed by atoms with Crippen LogP contribution in [-0.2, 0) is 9.53 Å². The Morgan fingerprint density at radius 1 is 1.44 bits per heavy atom. The molecule has 1 aliphatic carbocycles. The maximum atomic E-state index is 11.6. The Morgan fingerprint density at radius 3 is 2.67 bits per heavy atom. The number of esters is 1. The summed E-state index contributed by atoms with van der Waals surface area (Å²) in [7, 11) is 0. The number of hydrogen-bond acceptors (Lipinski definition) is 4. The molecular formula is C14H26N2O2. The zero-order valence-electron chi connectivity index (χ0n) is 11.8. The largest absolute Gasteiger partial charge is 0.460 e. The van der Waals surface area contributed by atoms with E-state index in [1.807, 2.05) is 20.8 Å². The number of nitrogens with one attached hydrogen (secondary N) is 2. The molecule has 2 fully saturated rings. The normalized spacial score (nSPS) is 26.1. The molecule has 0 spiro atoms. The van der Waals surface area contributed by atoms with E-state index in [0.29, 0.717) is 12.0 Å². The van der Waals surface area contributed by atoms with Crippen molar-refractivity contribution in [2.75, 3.05) is 19.6 Å². The van der Waals surface area contributed by atoms with Gasteiger partial charge in [-0.3, -0.25) is 4.79 Å². The minimum atomic E-state index is -0.371. The lowest BCUT2D eigenvalue weighted by atomic mass is 9.96. The van der Waals surface area contributed by atoms with E-state index in [4.69, 9.17) is 4.74 Å². The van der Waals surface area contributed by atoms with Crippen LogP contribution >= 0.6 is 0 Å². The third-order valence-electron chi connectivity index (χ3n) is 3.86. The van der Waals surface area contributed by atoms with Crippen molar-refractivity contribution in [3.63, 3.8) is 0 Å². The number of hydrogen-bond donors (Lipinski definition) is 2. The molecule has 1 saturated heterocycles. The second kappa shape index (κ2) is 5.17. The van der Waals surface area contributed by atoms with Crippen LogP contribution in [0.1, 0.15) is 46.5 Å². The van der Waals surface area contributed by atoms with Gasteiger partial charge in [-0.2, -0.15) is 0 Å². The lowest BCUT2D eigenvalue weighted by Gasteiger charge is -2.24. The second-order valence-corrected chi connectivity index (χ2v) is 6.61. The van der Waals surface area contributed by atoms with Crippen molar-refractivity contribution in [3.05, 3.63) is 0 Å². The molecule has 2 aliphatic rings. The molecular weight excluding hydrogens is 228 g/mol. The smallest absolute Gasteiger partial charge is 0.307 e. The zero-order valence-corrected chi connectivity index (χ0v) is 11.8. The van der Waals surface area contributed by atoms with Crippen molar-refractivity contribution in [2.45, 2.75) is 57.6 Å². The Bertz CT molecular complexity index is 299. The first-order chi connectivity index (χ1) is 8.41. The molecule has 0 radical (unpaired) electrons. The zero-order chi connectivity index (χ0) is 13.2. The number of ether oxygens (including phenoxy) is 1. The summed E-state index contributed by atoms with van der Waals surface area (Å²) < 4.78 is 5.31. The summed E-state index contributed by atoms with van der Waals surface area (Å²) in [5.74, 6) is 0.645. The van der Waals surface area contributed by atoms with E-state index in [0.717, 1.165) is 25.6 Å². The SMILES string of the molecule is CC(C)(C)OC(=O)CCNC1([C@@H]2CCNC2)CC1. The lowest BCUT2D eigenvalue weighted by Crippen LogP contribution is -2.41. The molecule has 1 heterocycles. The number of carbonyl (C=O) groups excluding carboxylic acids is 1.